The summed E-state index contributed by atoms with van der Waals surface area (Å²) in [5, 5.41) is 2.74. The van der Waals surface area contributed by atoms with E-state index in [9.17, 15) is 21.6 Å². The Kier molecular flexibility index (Phi) is 9.28. The van der Waals surface area contributed by atoms with Crippen LogP contribution in [0.15, 0.2) is 76.5 Å². The van der Waals surface area contributed by atoms with Crippen LogP contribution in [0.25, 0.3) is 0 Å². The summed E-state index contributed by atoms with van der Waals surface area (Å²) >= 11 is 0. The number of carbonyl (C=O) groups is 1. The molecule has 0 aliphatic carbocycles. The van der Waals surface area contributed by atoms with Crippen molar-refractivity contribution in [2.24, 2.45) is 0 Å². The fourth-order valence-electron chi connectivity index (χ4n) is 4.33. The maximum Gasteiger partial charge on any atom is 0.264 e. The highest BCUT2D eigenvalue weighted by Crippen LogP contribution is 2.40. The van der Waals surface area contributed by atoms with Crippen molar-refractivity contribution in [3.8, 4) is 17.2 Å². The van der Waals surface area contributed by atoms with Gasteiger partial charge in [-0.1, -0.05) is 26.8 Å². The Hall–Kier alpha value is -3.81. The Morgan fingerprint density at radius 3 is 2.14 bits per heavy atom. The fourth-order valence-corrected chi connectivity index (χ4v) is 6.70. The number of hydrogen-bond acceptors (Lipinski definition) is 8. The van der Waals surface area contributed by atoms with Crippen LogP contribution >= 0.6 is 0 Å². The summed E-state index contributed by atoms with van der Waals surface area (Å²) in [7, 11) is -3.21. The van der Waals surface area contributed by atoms with E-state index in [2.05, 4.69) is 5.32 Å². The Labute approximate surface area is 253 Å². The Balaban J connectivity index is 1.48. The van der Waals surface area contributed by atoms with Gasteiger partial charge in [-0.3, -0.25) is 9.10 Å². The van der Waals surface area contributed by atoms with E-state index in [0.717, 1.165) is 9.87 Å². The molecule has 13 heteroatoms. The van der Waals surface area contributed by atoms with Crippen LogP contribution < -0.4 is 23.8 Å². The van der Waals surface area contributed by atoms with Crippen LogP contribution in [-0.2, 0) is 30.3 Å². The first-order chi connectivity index (χ1) is 20.1. The average molecular weight is 632 g/mol. The number of rotatable bonds is 10. The van der Waals surface area contributed by atoms with Gasteiger partial charge in [0, 0.05) is 14.1 Å². The molecule has 0 saturated carbocycles. The van der Waals surface area contributed by atoms with Gasteiger partial charge in [-0.2, -0.15) is 0 Å². The minimum Gasteiger partial charge on any atom is -0.497 e. The molecule has 0 saturated heterocycles. The molecular formula is C30H37N3O8S2. The van der Waals surface area contributed by atoms with Crippen molar-refractivity contribution < 1.29 is 35.8 Å². The summed E-state index contributed by atoms with van der Waals surface area (Å²) in [4.78, 5) is 13.3. The first-order valence-corrected chi connectivity index (χ1v) is 16.4. The second kappa shape index (κ2) is 12.4. The van der Waals surface area contributed by atoms with Gasteiger partial charge in [0.25, 0.3) is 15.9 Å². The lowest BCUT2D eigenvalue weighted by molar-refractivity contribution is -0.127. The summed E-state index contributed by atoms with van der Waals surface area (Å²) in [5.74, 6) is 0.726. The molecule has 0 bridgehead atoms. The van der Waals surface area contributed by atoms with Gasteiger partial charge in [0.2, 0.25) is 10.0 Å². The zero-order valence-corrected chi connectivity index (χ0v) is 26.7. The average Bonchev–Trinajstić information content (AvgIpc) is 2.98. The fraction of sp³-hybridized carbons (Fsp3) is 0.367. The van der Waals surface area contributed by atoms with Gasteiger partial charge < -0.3 is 19.5 Å². The van der Waals surface area contributed by atoms with E-state index in [1.165, 1.54) is 61.9 Å². The summed E-state index contributed by atoms with van der Waals surface area (Å²) < 4.78 is 71.3. The number of benzene rings is 3. The summed E-state index contributed by atoms with van der Waals surface area (Å²) in [6, 6.07) is 17.4. The zero-order chi connectivity index (χ0) is 31.6. The number of methoxy groups -OCH3 is 1. The van der Waals surface area contributed by atoms with Crippen LogP contribution in [0.2, 0.25) is 0 Å². The third-order valence-corrected chi connectivity index (χ3v) is 10.5. The molecule has 1 amide bonds. The van der Waals surface area contributed by atoms with Crippen LogP contribution in [0.1, 0.15) is 26.3 Å². The van der Waals surface area contributed by atoms with E-state index in [1.807, 2.05) is 26.8 Å². The minimum atomic E-state index is -4.06. The summed E-state index contributed by atoms with van der Waals surface area (Å²) in [6.45, 7) is 6.05. The molecular weight excluding hydrogens is 594 g/mol. The second-order valence-corrected chi connectivity index (χ2v) is 15.2. The molecule has 1 aliphatic rings. The van der Waals surface area contributed by atoms with Crippen molar-refractivity contribution in [2.75, 3.05) is 45.2 Å². The third kappa shape index (κ3) is 7.06. The van der Waals surface area contributed by atoms with Crippen molar-refractivity contribution in [3.05, 3.63) is 72.3 Å². The molecule has 43 heavy (non-hydrogen) atoms. The van der Waals surface area contributed by atoms with Crippen LogP contribution in [0, 0.1) is 0 Å². The van der Waals surface area contributed by atoms with Crippen LogP contribution in [0.5, 0.6) is 17.2 Å². The molecule has 1 aliphatic heterocycles. The number of hydrogen-bond donors (Lipinski definition) is 1. The van der Waals surface area contributed by atoms with Crippen LogP contribution in [-0.4, -0.2) is 74.1 Å². The predicted octanol–water partition coefficient (Wildman–Crippen LogP) is 3.39. The van der Waals surface area contributed by atoms with Crippen LogP contribution in [0.4, 0.5) is 5.69 Å². The molecule has 1 N–H and O–H groups in total. The Morgan fingerprint density at radius 1 is 0.953 bits per heavy atom. The number of carbonyl (C=O) groups excluding carboxylic acids is 1. The SMILES string of the molecule is COc1ccc(S(=O)(=O)N2C[C@@H](C(=O)NCCOc3ccc(S(=O)(=O)N(C)C)cc3)Oc3ccc(C(C)(C)C)cc32)cc1. The molecule has 232 valence electrons. The predicted molar refractivity (Wildman–Crippen MR) is 163 cm³/mol. The van der Waals surface area contributed by atoms with Gasteiger partial charge in [0.15, 0.2) is 6.10 Å². The first kappa shape index (κ1) is 32.1. The third-order valence-electron chi connectivity index (χ3n) is 6.91. The molecule has 1 heterocycles. The van der Waals surface area contributed by atoms with E-state index in [-0.39, 0.29) is 40.7 Å². The molecule has 0 spiro atoms. The van der Waals surface area contributed by atoms with Gasteiger partial charge in [0.05, 0.1) is 35.7 Å². The normalized spacial score (nSPS) is 15.4. The topological polar surface area (TPSA) is 132 Å². The molecule has 0 fully saturated rings. The summed E-state index contributed by atoms with van der Waals surface area (Å²) in [6.07, 6.45) is -1.11. The molecule has 3 aromatic carbocycles. The minimum absolute atomic E-state index is 0.0549. The van der Waals surface area contributed by atoms with Crippen LogP contribution in [0.3, 0.4) is 0 Å². The molecule has 0 unspecified atom stereocenters. The highest BCUT2D eigenvalue weighted by atomic mass is 32.2. The maximum atomic E-state index is 13.9. The largest absolute Gasteiger partial charge is 0.497 e. The molecule has 1 atom stereocenters. The molecule has 3 aromatic rings. The van der Waals surface area contributed by atoms with Crippen molar-refractivity contribution in [1.29, 1.82) is 0 Å². The van der Waals surface area contributed by atoms with E-state index in [0.29, 0.717) is 17.2 Å². The lowest BCUT2D eigenvalue weighted by Crippen LogP contribution is -2.51. The number of fused-ring (bicyclic) bond motifs is 1. The number of nitrogens with one attached hydrogen (secondary N) is 1. The van der Waals surface area contributed by atoms with Crippen molar-refractivity contribution in [2.45, 2.75) is 42.1 Å². The van der Waals surface area contributed by atoms with E-state index >= 15 is 0 Å². The van der Waals surface area contributed by atoms with Gasteiger partial charge in [0.1, 0.15) is 23.9 Å². The van der Waals surface area contributed by atoms with E-state index < -0.39 is 32.1 Å². The van der Waals surface area contributed by atoms with Gasteiger partial charge >= 0.3 is 0 Å². The van der Waals surface area contributed by atoms with E-state index in [4.69, 9.17) is 14.2 Å². The standard InChI is InChI=1S/C30H37N3O8S2/c1-30(2,3)21-7-16-27-26(19-21)33(43(37,38)25-12-8-22(39-6)9-13-25)20-28(41-27)29(34)31-17-18-40-23-10-14-24(15-11-23)42(35,36)32(4)5/h7-16,19,28H,17-18,20H2,1-6H3,(H,31,34)/t28-/m0/s1. The zero-order valence-electron chi connectivity index (χ0n) is 25.0. The first-order valence-electron chi connectivity index (χ1n) is 13.6. The number of nitrogens with zero attached hydrogens (tertiary/aromatic N) is 2. The highest BCUT2D eigenvalue weighted by Gasteiger charge is 2.38. The molecule has 0 aromatic heterocycles. The molecule has 11 nitrogen and oxygen atoms in total. The number of ether oxygens (including phenoxy) is 3. The number of anilines is 1. The lowest BCUT2D eigenvalue weighted by atomic mass is 9.86. The van der Waals surface area contributed by atoms with Crippen molar-refractivity contribution in [3.63, 3.8) is 0 Å². The maximum absolute atomic E-state index is 13.9. The number of amides is 1. The molecule has 0 radical (unpaired) electrons. The Morgan fingerprint density at radius 2 is 1.56 bits per heavy atom. The monoisotopic (exact) mass is 631 g/mol. The van der Waals surface area contributed by atoms with Gasteiger partial charge in [-0.25, -0.2) is 21.1 Å². The summed E-state index contributed by atoms with van der Waals surface area (Å²) in [5.41, 5.74) is 1.02. The van der Waals surface area contributed by atoms with E-state index in [1.54, 1.807) is 24.3 Å². The quantitative estimate of drug-likeness (QED) is 0.337. The van der Waals surface area contributed by atoms with Crippen molar-refractivity contribution in [1.82, 2.24) is 9.62 Å². The van der Waals surface area contributed by atoms with Crippen molar-refractivity contribution >= 4 is 31.6 Å². The highest BCUT2D eigenvalue weighted by molar-refractivity contribution is 7.92. The number of sulfonamides is 2. The second-order valence-electron chi connectivity index (χ2n) is 11.1. The lowest BCUT2D eigenvalue weighted by Gasteiger charge is -2.36. The smallest absolute Gasteiger partial charge is 0.264 e. The Bertz CT molecular complexity index is 1670. The molecule has 4 rings (SSSR count). The van der Waals surface area contributed by atoms with Gasteiger partial charge in [-0.05, 0) is 71.6 Å². The van der Waals surface area contributed by atoms with Gasteiger partial charge in [-0.15, -0.1) is 0 Å².